The second-order valence-electron chi connectivity index (χ2n) is 7.66. The van der Waals surface area contributed by atoms with E-state index in [2.05, 4.69) is 17.6 Å². The largest absolute Gasteiger partial charge is 0.480 e. The molecule has 0 aromatic carbocycles. The number of carboxylic acid groups (broad SMARTS) is 1. The van der Waals surface area contributed by atoms with Crippen LogP contribution in [0.5, 0.6) is 0 Å². The number of carbonyl (C=O) groups is 3. The molecule has 3 N–H and O–H groups in total. The minimum atomic E-state index is -1.09. The number of amides is 2. The molecule has 0 heterocycles. The summed E-state index contributed by atoms with van der Waals surface area (Å²) in [6.45, 7) is 2.24. The van der Waals surface area contributed by atoms with Gasteiger partial charge in [0.25, 0.3) is 0 Å². The average molecular weight is 399 g/mol. The number of aliphatic carboxylic acids is 1. The highest BCUT2D eigenvalue weighted by Gasteiger charge is 2.20. The van der Waals surface area contributed by atoms with Gasteiger partial charge in [-0.3, -0.25) is 9.59 Å². The van der Waals surface area contributed by atoms with E-state index in [1.54, 1.807) is 0 Å². The van der Waals surface area contributed by atoms with E-state index < -0.39 is 12.0 Å². The van der Waals surface area contributed by atoms with Gasteiger partial charge in [-0.1, -0.05) is 84.0 Å². The number of rotatable bonds is 19. The maximum Gasteiger partial charge on any atom is 0.326 e. The first kappa shape index (κ1) is 26.4. The fourth-order valence-electron chi connectivity index (χ4n) is 3.23. The fraction of sp³-hybridized carbons (Fsp3) is 0.864. The summed E-state index contributed by atoms with van der Waals surface area (Å²) in [7, 11) is 1.51. The quantitative estimate of drug-likeness (QED) is 0.278. The second kappa shape index (κ2) is 18.8. The van der Waals surface area contributed by atoms with E-state index in [0.29, 0.717) is 6.42 Å². The van der Waals surface area contributed by atoms with E-state index in [1.165, 1.54) is 71.3 Å². The van der Waals surface area contributed by atoms with Crippen LogP contribution in [0.4, 0.5) is 0 Å². The Labute approximate surface area is 171 Å². The van der Waals surface area contributed by atoms with E-state index >= 15 is 0 Å². The molecule has 1 unspecified atom stereocenters. The van der Waals surface area contributed by atoms with E-state index in [1.807, 2.05) is 0 Å². The molecule has 0 aliphatic carbocycles. The lowest BCUT2D eigenvalue weighted by atomic mass is 10.0. The van der Waals surface area contributed by atoms with Gasteiger partial charge in [0.15, 0.2) is 0 Å². The van der Waals surface area contributed by atoms with E-state index in [0.717, 1.165) is 19.3 Å². The van der Waals surface area contributed by atoms with Crippen molar-refractivity contribution in [3.05, 3.63) is 0 Å². The van der Waals surface area contributed by atoms with Crippen molar-refractivity contribution in [3.63, 3.8) is 0 Å². The summed E-state index contributed by atoms with van der Waals surface area (Å²) in [5.41, 5.74) is 0. The molecule has 164 valence electrons. The standard InChI is InChI=1S/C22H42N2O4/c1-3-4-5-6-7-8-9-10-11-12-13-14-15-16-21(26)24-19(22(27)28)17-18-20(25)23-2/h19H,3-18H2,1-2H3,(H,23,25)(H,24,26)(H,27,28). The average Bonchev–Trinajstić information content (AvgIpc) is 2.68. The highest BCUT2D eigenvalue weighted by atomic mass is 16.4. The Kier molecular flexibility index (Phi) is 17.7. The van der Waals surface area contributed by atoms with Crippen LogP contribution in [-0.4, -0.2) is 36.0 Å². The van der Waals surface area contributed by atoms with E-state index in [9.17, 15) is 14.4 Å². The van der Waals surface area contributed by atoms with Gasteiger partial charge in [0.1, 0.15) is 6.04 Å². The monoisotopic (exact) mass is 398 g/mol. The summed E-state index contributed by atoms with van der Waals surface area (Å²) >= 11 is 0. The Morgan fingerprint density at radius 3 is 1.61 bits per heavy atom. The van der Waals surface area contributed by atoms with Crippen LogP contribution >= 0.6 is 0 Å². The first-order valence-electron chi connectivity index (χ1n) is 11.2. The van der Waals surface area contributed by atoms with Gasteiger partial charge in [-0.25, -0.2) is 4.79 Å². The van der Waals surface area contributed by atoms with Gasteiger partial charge in [0.2, 0.25) is 11.8 Å². The summed E-state index contributed by atoms with van der Waals surface area (Å²) in [6.07, 6.45) is 16.7. The molecule has 0 aliphatic rings. The molecule has 28 heavy (non-hydrogen) atoms. The zero-order chi connectivity index (χ0) is 21.0. The summed E-state index contributed by atoms with van der Waals surface area (Å²) in [4.78, 5) is 34.3. The molecule has 0 bridgehead atoms. The van der Waals surface area contributed by atoms with Crippen molar-refractivity contribution in [1.82, 2.24) is 10.6 Å². The third kappa shape index (κ3) is 16.6. The minimum absolute atomic E-state index is 0.0898. The molecule has 6 heteroatoms. The molecule has 2 amide bonds. The van der Waals surface area contributed by atoms with Gasteiger partial charge in [0.05, 0.1) is 0 Å². The Morgan fingerprint density at radius 2 is 1.18 bits per heavy atom. The van der Waals surface area contributed by atoms with Crippen LogP contribution in [0.15, 0.2) is 0 Å². The van der Waals surface area contributed by atoms with Gasteiger partial charge < -0.3 is 15.7 Å². The van der Waals surface area contributed by atoms with Crippen molar-refractivity contribution in [3.8, 4) is 0 Å². The Morgan fingerprint density at radius 1 is 0.714 bits per heavy atom. The lowest BCUT2D eigenvalue weighted by Crippen LogP contribution is -2.41. The zero-order valence-electron chi connectivity index (χ0n) is 18.1. The van der Waals surface area contributed by atoms with Crippen LogP contribution in [0.1, 0.15) is 110 Å². The van der Waals surface area contributed by atoms with Crippen LogP contribution < -0.4 is 10.6 Å². The molecule has 0 aromatic heterocycles. The maximum absolute atomic E-state index is 11.9. The number of nitrogens with one attached hydrogen (secondary N) is 2. The molecular formula is C22H42N2O4. The molecule has 0 saturated heterocycles. The Bertz CT molecular complexity index is 427. The van der Waals surface area contributed by atoms with Crippen molar-refractivity contribution in [2.75, 3.05) is 7.05 Å². The third-order valence-corrected chi connectivity index (χ3v) is 5.08. The van der Waals surface area contributed by atoms with E-state index in [4.69, 9.17) is 5.11 Å². The number of carboxylic acids is 1. The topological polar surface area (TPSA) is 95.5 Å². The normalized spacial score (nSPS) is 11.8. The molecule has 0 spiro atoms. The molecule has 0 aromatic rings. The second-order valence-corrected chi connectivity index (χ2v) is 7.66. The highest BCUT2D eigenvalue weighted by Crippen LogP contribution is 2.13. The lowest BCUT2D eigenvalue weighted by molar-refractivity contribution is -0.142. The zero-order valence-corrected chi connectivity index (χ0v) is 18.1. The first-order valence-corrected chi connectivity index (χ1v) is 11.2. The van der Waals surface area contributed by atoms with Crippen LogP contribution in [0.3, 0.4) is 0 Å². The summed E-state index contributed by atoms with van der Waals surface area (Å²) < 4.78 is 0. The van der Waals surface area contributed by atoms with Crippen LogP contribution in [-0.2, 0) is 14.4 Å². The maximum atomic E-state index is 11.9. The Balaban J connectivity index is 3.57. The highest BCUT2D eigenvalue weighted by molar-refractivity contribution is 5.84. The molecule has 0 rings (SSSR count). The summed E-state index contributed by atoms with van der Waals surface area (Å²) in [5.74, 6) is -1.56. The van der Waals surface area contributed by atoms with Crippen molar-refractivity contribution in [2.45, 2.75) is 116 Å². The van der Waals surface area contributed by atoms with Gasteiger partial charge in [-0.2, -0.15) is 0 Å². The third-order valence-electron chi connectivity index (χ3n) is 5.08. The number of unbranched alkanes of at least 4 members (excludes halogenated alkanes) is 12. The van der Waals surface area contributed by atoms with Crippen molar-refractivity contribution < 1.29 is 19.5 Å². The molecular weight excluding hydrogens is 356 g/mol. The van der Waals surface area contributed by atoms with Crippen molar-refractivity contribution in [1.29, 1.82) is 0 Å². The molecule has 1 atom stereocenters. The van der Waals surface area contributed by atoms with Gasteiger partial charge in [-0.15, -0.1) is 0 Å². The SMILES string of the molecule is CCCCCCCCCCCCCCCC(=O)NC(CCC(=O)NC)C(=O)O. The van der Waals surface area contributed by atoms with Crippen LogP contribution in [0.2, 0.25) is 0 Å². The van der Waals surface area contributed by atoms with Gasteiger partial charge >= 0.3 is 5.97 Å². The van der Waals surface area contributed by atoms with Gasteiger partial charge in [0, 0.05) is 19.9 Å². The Hall–Kier alpha value is -1.59. The van der Waals surface area contributed by atoms with Crippen molar-refractivity contribution in [2.24, 2.45) is 0 Å². The number of hydrogen-bond donors (Lipinski definition) is 3. The minimum Gasteiger partial charge on any atom is -0.480 e. The molecule has 0 aliphatic heterocycles. The molecule has 0 radical (unpaired) electrons. The molecule has 0 fully saturated rings. The lowest BCUT2D eigenvalue weighted by Gasteiger charge is -2.14. The molecule has 0 saturated carbocycles. The van der Waals surface area contributed by atoms with Crippen LogP contribution in [0, 0.1) is 0 Å². The summed E-state index contributed by atoms with van der Waals surface area (Å²) in [5, 5.41) is 14.1. The van der Waals surface area contributed by atoms with E-state index in [-0.39, 0.29) is 24.7 Å². The predicted octanol–water partition coefficient (Wildman–Crippen LogP) is 4.56. The van der Waals surface area contributed by atoms with Gasteiger partial charge in [-0.05, 0) is 12.8 Å². The molecule has 6 nitrogen and oxygen atoms in total. The smallest absolute Gasteiger partial charge is 0.326 e. The fourth-order valence-corrected chi connectivity index (χ4v) is 3.23. The van der Waals surface area contributed by atoms with Crippen molar-refractivity contribution >= 4 is 17.8 Å². The number of hydrogen-bond acceptors (Lipinski definition) is 3. The number of carbonyl (C=O) groups excluding carboxylic acids is 2. The summed E-state index contributed by atoms with van der Waals surface area (Å²) in [6, 6.07) is -0.994. The van der Waals surface area contributed by atoms with Crippen LogP contribution in [0.25, 0.3) is 0 Å². The predicted molar refractivity (Wildman–Crippen MR) is 113 cm³/mol. The first-order chi connectivity index (χ1) is 13.5.